The average Bonchev–Trinajstić information content (AvgIpc) is 3.28. The minimum atomic E-state index is -0.00908. The molecule has 1 amide bonds. The minimum absolute atomic E-state index is 0.00800. The summed E-state index contributed by atoms with van der Waals surface area (Å²) in [6.07, 6.45) is 41.6. The first-order valence-corrected chi connectivity index (χ1v) is 28.8. The first-order valence-electron chi connectivity index (χ1n) is 28.8. The van der Waals surface area contributed by atoms with Gasteiger partial charge in [-0.15, -0.1) is 0 Å². The van der Waals surface area contributed by atoms with E-state index in [0.29, 0.717) is 49.8 Å². The lowest BCUT2D eigenvalue weighted by Gasteiger charge is -2.35. The lowest BCUT2D eigenvalue weighted by molar-refractivity contribution is -0.146. The zero-order valence-corrected chi connectivity index (χ0v) is 45.3. The van der Waals surface area contributed by atoms with Gasteiger partial charge >= 0.3 is 11.9 Å². The highest BCUT2D eigenvalue weighted by atomic mass is 16.5. The third-order valence-electron chi connectivity index (χ3n) is 14.1. The summed E-state index contributed by atoms with van der Waals surface area (Å²) in [5.41, 5.74) is 0. The van der Waals surface area contributed by atoms with E-state index in [1.807, 2.05) is 0 Å². The molecule has 0 saturated heterocycles. The maximum atomic E-state index is 14.4. The van der Waals surface area contributed by atoms with Gasteiger partial charge in [-0.3, -0.25) is 14.4 Å². The second-order valence-corrected chi connectivity index (χ2v) is 21.2. The first-order chi connectivity index (χ1) is 31.5. The third kappa shape index (κ3) is 39.0. The van der Waals surface area contributed by atoms with E-state index in [1.54, 1.807) is 0 Å². The fourth-order valence-electron chi connectivity index (χ4n) is 9.60. The number of nitrogens with zero attached hydrogens (tertiary/aromatic N) is 2. The quantitative estimate of drug-likeness (QED) is 0.0447. The van der Waals surface area contributed by atoms with Crippen molar-refractivity contribution in [3.8, 4) is 0 Å². The number of esters is 2. The third-order valence-corrected chi connectivity index (χ3v) is 14.1. The van der Waals surface area contributed by atoms with Gasteiger partial charge in [0.15, 0.2) is 0 Å². The van der Waals surface area contributed by atoms with Crippen LogP contribution in [0.4, 0.5) is 0 Å². The fourth-order valence-corrected chi connectivity index (χ4v) is 9.60. The molecule has 0 aromatic rings. The molecule has 0 aromatic carbocycles. The highest BCUT2D eigenvalue weighted by molar-refractivity contribution is 5.79. The topological polar surface area (TPSA) is 76.2 Å². The van der Waals surface area contributed by atoms with Gasteiger partial charge in [0.25, 0.3) is 0 Å². The number of hydrogen-bond acceptors (Lipinski definition) is 6. The van der Waals surface area contributed by atoms with Crippen LogP contribution in [0, 0.1) is 23.7 Å². The van der Waals surface area contributed by atoms with Crippen LogP contribution in [0.25, 0.3) is 0 Å². The lowest BCUT2D eigenvalue weighted by Crippen LogP contribution is -2.45. The summed E-state index contributed by atoms with van der Waals surface area (Å²) in [6, 6.07) is 0.304. The number of ether oxygens (including phenoxy) is 2. The smallest absolute Gasteiger partial charge is 0.305 e. The summed E-state index contributed by atoms with van der Waals surface area (Å²) in [5.74, 6) is 2.32. The molecule has 0 N–H and O–H groups in total. The van der Waals surface area contributed by atoms with E-state index in [2.05, 4.69) is 72.4 Å². The van der Waals surface area contributed by atoms with Gasteiger partial charge in [0, 0.05) is 31.3 Å². The van der Waals surface area contributed by atoms with Crippen molar-refractivity contribution in [1.82, 2.24) is 9.80 Å². The molecule has 0 spiro atoms. The minimum Gasteiger partial charge on any atom is -0.465 e. The van der Waals surface area contributed by atoms with E-state index in [9.17, 15) is 14.4 Å². The van der Waals surface area contributed by atoms with Crippen molar-refractivity contribution in [3.05, 3.63) is 0 Å². The normalized spacial score (nSPS) is 13.6. The van der Waals surface area contributed by atoms with Gasteiger partial charge in [-0.2, -0.15) is 0 Å². The van der Waals surface area contributed by atoms with Crippen LogP contribution in [0.3, 0.4) is 0 Å². The van der Waals surface area contributed by atoms with Crippen LogP contribution >= 0.6 is 0 Å². The lowest BCUT2D eigenvalue weighted by atomic mass is 9.93. The second-order valence-electron chi connectivity index (χ2n) is 21.2. The van der Waals surface area contributed by atoms with Crippen molar-refractivity contribution in [2.45, 2.75) is 292 Å². The van der Waals surface area contributed by atoms with Gasteiger partial charge in [-0.1, -0.05) is 203 Å². The number of carbonyl (C=O) groups is 3. The van der Waals surface area contributed by atoms with Crippen LogP contribution in [0.2, 0.25) is 0 Å². The van der Waals surface area contributed by atoms with Crippen molar-refractivity contribution in [2.24, 2.45) is 23.7 Å². The fraction of sp³-hybridized carbons (Fsp3) is 0.948. The molecular formula is C58H114N2O5. The van der Waals surface area contributed by atoms with Gasteiger partial charge in [-0.05, 0) is 109 Å². The van der Waals surface area contributed by atoms with Crippen molar-refractivity contribution in [2.75, 3.05) is 40.4 Å². The molecule has 0 radical (unpaired) electrons. The zero-order chi connectivity index (χ0) is 48.2. The molecule has 65 heavy (non-hydrogen) atoms. The van der Waals surface area contributed by atoms with Crippen LogP contribution in [0.1, 0.15) is 286 Å². The molecule has 0 aromatic heterocycles. The van der Waals surface area contributed by atoms with E-state index in [0.717, 1.165) is 109 Å². The molecule has 0 rings (SSSR count). The van der Waals surface area contributed by atoms with E-state index in [4.69, 9.17) is 9.47 Å². The number of rotatable bonds is 49. The van der Waals surface area contributed by atoms with E-state index in [1.165, 1.54) is 135 Å². The Labute approximate surface area is 406 Å². The Morgan fingerprint density at radius 1 is 0.415 bits per heavy atom. The van der Waals surface area contributed by atoms with Crippen molar-refractivity contribution in [3.63, 3.8) is 0 Å². The second kappa shape index (κ2) is 46.1. The highest BCUT2D eigenvalue weighted by Gasteiger charge is 2.28. The molecule has 4 unspecified atom stereocenters. The molecule has 0 aliphatic rings. The summed E-state index contributed by atoms with van der Waals surface area (Å²) in [4.78, 5) is 44.2. The van der Waals surface area contributed by atoms with Gasteiger partial charge in [0.05, 0.1) is 13.2 Å². The zero-order valence-electron chi connectivity index (χ0n) is 45.3. The molecule has 386 valence electrons. The van der Waals surface area contributed by atoms with E-state index < -0.39 is 0 Å². The highest BCUT2D eigenvalue weighted by Crippen LogP contribution is 2.26. The average molecular weight is 920 g/mol. The van der Waals surface area contributed by atoms with Gasteiger partial charge < -0.3 is 19.3 Å². The summed E-state index contributed by atoms with van der Waals surface area (Å²) in [6.45, 7) is 18.9. The molecule has 0 aliphatic heterocycles. The monoisotopic (exact) mass is 919 g/mol. The number of hydrogen-bond donors (Lipinski definition) is 0. The maximum absolute atomic E-state index is 14.4. The standard InChI is InChI=1S/C58H114N2O5/c1-10-15-19-29-40-52(38-17-12-3)49-64-56(61)45-32-26-22-20-24-30-43-55(60(48-36-47-59(8)9)58(63)54(14-5)42-28-16-11-2)44-31-25-21-23-27-33-46-57(62)65-50-53(39-18-13-4)41-35-34-37-51(6)7/h51-55H,10-50H2,1-9H3. The summed E-state index contributed by atoms with van der Waals surface area (Å²) in [5, 5.41) is 0. The molecule has 7 heteroatoms. The predicted molar refractivity (Wildman–Crippen MR) is 280 cm³/mol. The largest absolute Gasteiger partial charge is 0.465 e. The molecule has 0 fully saturated rings. The van der Waals surface area contributed by atoms with E-state index in [-0.39, 0.29) is 17.9 Å². The van der Waals surface area contributed by atoms with Crippen LogP contribution in [-0.4, -0.2) is 74.1 Å². The summed E-state index contributed by atoms with van der Waals surface area (Å²) < 4.78 is 11.6. The predicted octanol–water partition coefficient (Wildman–Crippen LogP) is 16.9. The Kier molecular flexibility index (Phi) is 45.0. The first kappa shape index (κ1) is 63.4. The van der Waals surface area contributed by atoms with Crippen molar-refractivity contribution in [1.29, 1.82) is 0 Å². The Morgan fingerprint density at radius 2 is 0.800 bits per heavy atom. The Morgan fingerprint density at radius 3 is 1.26 bits per heavy atom. The number of carbonyl (C=O) groups excluding carboxylic acids is 3. The van der Waals surface area contributed by atoms with Gasteiger partial charge in [0.2, 0.25) is 5.91 Å². The van der Waals surface area contributed by atoms with Crippen LogP contribution < -0.4 is 0 Å². The molecule has 0 heterocycles. The van der Waals surface area contributed by atoms with Crippen molar-refractivity contribution < 1.29 is 23.9 Å². The molecule has 4 atom stereocenters. The van der Waals surface area contributed by atoms with E-state index >= 15 is 0 Å². The molecule has 0 bridgehead atoms. The van der Waals surface area contributed by atoms with Gasteiger partial charge in [-0.25, -0.2) is 0 Å². The molecule has 0 aliphatic carbocycles. The molecule has 0 saturated carbocycles. The summed E-state index contributed by atoms with van der Waals surface area (Å²) in [7, 11) is 4.27. The van der Waals surface area contributed by atoms with Crippen molar-refractivity contribution >= 4 is 17.8 Å². The molecular weight excluding hydrogens is 805 g/mol. The Balaban J connectivity index is 5.07. The van der Waals surface area contributed by atoms with Crippen LogP contribution in [0.5, 0.6) is 0 Å². The van der Waals surface area contributed by atoms with Crippen LogP contribution in [-0.2, 0) is 23.9 Å². The van der Waals surface area contributed by atoms with Gasteiger partial charge in [0.1, 0.15) is 0 Å². The SMILES string of the molecule is CCCCCCC(CCCC)COC(=O)CCCCCCCCC(CCCCCCCCC(=O)OCC(CCCC)CCCCC(C)C)N(CCCN(C)C)C(=O)C(CC)CCCCC. The summed E-state index contributed by atoms with van der Waals surface area (Å²) >= 11 is 0. The number of amides is 1. The molecule has 7 nitrogen and oxygen atoms in total. The Bertz CT molecular complexity index is 1060. The Hall–Kier alpha value is -1.63. The van der Waals surface area contributed by atoms with Crippen LogP contribution in [0.15, 0.2) is 0 Å². The number of unbranched alkanes of at least 4 members (excludes halogenated alkanes) is 18. The maximum Gasteiger partial charge on any atom is 0.305 e.